The first-order chi connectivity index (χ1) is 3.63. The predicted octanol–water partition coefficient (Wildman–Crippen LogP) is 0.291. The minimum absolute atomic E-state index is 0. The molecule has 2 radical (unpaired) electrons. The van der Waals surface area contributed by atoms with Gasteiger partial charge in [-0.25, -0.2) is 19.4 Å². The maximum absolute atomic E-state index is 9.29. The molecule has 0 spiro atoms. The van der Waals surface area contributed by atoms with Gasteiger partial charge >= 0.3 is 12.3 Å². The zero-order chi connectivity index (χ0) is 6.57. The van der Waals surface area contributed by atoms with Crippen LogP contribution in [0.2, 0.25) is 0 Å². The van der Waals surface area contributed by atoms with Crippen LogP contribution in [0.4, 0.5) is 9.59 Å². The minimum atomic E-state index is -1.80. The van der Waals surface area contributed by atoms with Crippen LogP contribution >= 0.6 is 0 Å². The predicted molar refractivity (Wildman–Crippen MR) is 18.2 cm³/mol. The number of hydrogen-bond acceptors (Lipinski definition) is 4. The van der Waals surface area contributed by atoms with E-state index in [0.717, 1.165) is 0 Å². The van der Waals surface area contributed by atoms with Crippen LogP contribution in [-0.4, -0.2) is 22.5 Å². The van der Waals surface area contributed by atoms with E-state index in [-0.39, 0.29) is 75.5 Å². The summed E-state index contributed by atoms with van der Waals surface area (Å²) in [6, 6.07) is 0. The second-order valence-corrected chi connectivity index (χ2v) is 0.698. The van der Waals surface area contributed by atoms with Crippen molar-refractivity contribution < 1.29 is 105 Å². The third kappa shape index (κ3) is 16.0. The molecule has 0 atom stereocenters. The topological polar surface area (TPSA) is 93.1 Å². The van der Waals surface area contributed by atoms with Crippen molar-refractivity contribution in [1.29, 1.82) is 0 Å². The smallest absolute Gasteiger partial charge is 0.447 e. The second kappa shape index (κ2) is 10.1. The molecule has 0 saturated heterocycles. The summed E-state index contributed by atoms with van der Waals surface area (Å²) in [7, 11) is 0. The van der Waals surface area contributed by atoms with Gasteiger partial charge in [-0.05, 0) is 0 Å². The molecule has 2 N–H and O–H groups in total. The molecule has 0 bridgehead atoms. The van der Waals surface area contributed by atoms with Crippen LogP contribution in [0.3, 0.4) is 0 Å². The molecule has 0 aromatic heterocycles. The van der Waals surface area contributed by atoms with Crippen molar-refractivity contribution in [3.8, 4) is 0 Å². The molecule has 8 heteroatoms. The summed E-state index contributed by atoms with van der Waals surface area (Å²) in [5.41, 5.74) is 0. The van der Waals surface area contributed by atoms with Crippen LogP contribution in [0.5, 0.6) is 0 Å². The average molecular weight is 452 g/mol. The third-order valence-electron chi connectivity index (χ3n) is 0.184. The Balaban J connectivity index is -0.000000245. The monoisotopic (exact) mass is 452 g/mol. The molecule has 0 aliphatic carbocycles. The minimum Gasteiger partial charge on any atom is -0.447 e. The Morgan fingerprint density at radius 3 is 1.20 bits per heavy atom. The van der Waals surface area contributed by atoms with Crippen LogP contribution in [0.15, 0.2) is 0 Å². The van der Waals surface area contributed by atoms with Crippen LogP contribution in [0.1, 0.15) is 0 Å². The van der Waals surface area contributed by atoms with Crippen LogP contribution < -0.4 is 0 Å². The molecule has 0 aliphatic rings. The van der Waals surface area contributed by atoms with Gasteiger partial charge in [0.05, 0.1) is 0 Å². The fraction of sp³-hybridized carbons (Fsp3) is 0. The van der Waals surface area contributed by atoms with Crippen LogP contribution in [-0.2, 0) is 9.78 Å². The largest absolute Gasteiger partial charge is 0.547 e. The first kappa shape index (κ1) is 17.2. The third-order valence-corrected chi connectivity index (χ3v) is 0.184. The van der Waals surface area contributed by atoms with Crippen molar-refractivity contribution in [2.75, 3.05) is 0 Å². The Kier molecular flexibility index (Phi) is 17.3. The Morgan fingerprint density at radius 1 is 0.900 bits per heavy atom. The Hall–Kier alpha value is 1.06. The molecule has 0 heterocycles. The van der Waals surface area contributed by atoms with E-state index in [4.69, 9.17) is 10.2 Å². The number of hydrogen-bond donors (Lipinski definition) is 2. The molecule has 0 aromatic carbocycles. The van der Waals surface area contributed by atoms with Gasteiger partial charge in [0.1, 0.15) is 0 Å². The van der Waals surface area contributed by atoms with Crippen molar-refractivity contribution >= 4 is 12.3 Å². The number of carbonyl (C=O) groups is 2. The molecule has 0 amide bonds. The fourth-order valence-corrected chi connectivity index (χ4v) is 0.0713. The molecule has 6 nitrogen and oxygen atoms in total. The van der Waals surface area contributed by atoms with Crippen molar-refractivity contribution in [2.24, 2.45) is 0 Å². The molecule has 0 aliphatic heterocycles. The zero-order valence-electron chi connectivity index (χ0n) is 4.13. The maximum Gasteiger partial charge on any atom is 0.547 e. The van der Waals surface area contributed by atoms with E-state index in [0.29, 0.717) is 0 Å². The summed E-state index contributed by atoms with van der Waals surface area (Å²) in [5.74, 6) is 0. The van der Waals surface area contributed by atoms with E-state index >= 15 is 0 Å². The second-order valence-electron chi connectivity index (χ2n) is 0.698. The van der Waals surface area contributed by atoms with Crippen molar-refractivity contribution in [3.63, 3.8) is 0 Å². The van der Waals surface area contributed by atoms with Gasteiger partial charge in [-0.1, -0.05) is 0 Å². The molecule has 0 rings (SSSR count). The number of rotatable bonds is 0. The fourth-order valence-electron chi connectivity index (χ4n) is 0.0713. The standard InChI is InChI=1S/C2H2O6.2Ho/c3-1(4)7-8-2(5)6;;/h(H,3,4)(H,5,6);;. The summed E-state index contributed by atoms with van der Waals surface area (Å²) >= 11 is 0. The summed E-state index contributed by atoms with van der Waals surface area (Å²) in [6.07, 6.45) is -3.60. The molecule has 10 heavy (non-hydrogen) atoms. The van der Waals surface area contributed by atoms with E-state index in [1.165, 1.54) is 0 Å². The first-order valence-corrected chi connectivity index (χ1v) is 1.43. The summed E-state index contributed by atoms with van der Waals surface area (Å²) in [4.78, 5) is 24.8. The van der Waals surface area contributed by atoms with E-state index in [2.05, 4.69) is 9.78 Å². The Bertz CT molecular complexity index is 98.3. The van der Waals surface area contributed by atoms with Gasteiger partial charge in [0.25, 0.3) is 0 Å². The molecule has 0 aromatic rings. The Labute approximate surface area is 115 Å². The molecule has 0 saturated carbocycles. The Morgan fingerprint density at radius 2 is 1.10 bits per heavy atom. The quantitative estimate of drug-likeness (QED) is 0.312. The van der Waals surface area contributed by atoms with Crippen molar-refractivity contribution in [1.82, 2.24) is 0 Å². The molecule has 0 unspecified atom stereocenters. The van der Waals surface area contributed by atoms with Crippen LogP contribution in [0, 0.1) is 75.5 Å². The van der Waals surface area contributed by atoms with Crippen molar-refractivity contribution in [3.05, 3.63) is 0 Å². The van der Waals surface area contributed by atoms with E-state index < -0.39 is 12.3 Å². The summed E-state index contributed by atoms with van der Waals surface area (Å²) in [6.45, 7) is 0. The van der Waals surface area contributed by atoms with Gasteiger partial charge in [0, 0.05) is 75.5 Å². The van der Waals surface area contributed by atoms with Crippen LogP contribution in [0.25, 0.3) is 0 Å². The summed E-state index contributed by atoms with van der Waals surface area (Å²) in [5, 5.41) is 15.1. The first-order valence-electron chi connectivity index (χ1n) is 1.43. The van der Waals surface area contributed by atoms with E-state index in [1.54, 1.807) is 0 Å². The van der Waals surface area contributed by atoms with Gasteiger partial charge in [0.15, 0.2) is 0 Å². The average Bonchev–Trinajstić information content (AvgIpc) is 1.61. The molecular formula is C2H2Ho2O6. The molecule has 0 fully saturated rings. The van der Waals surface area contributed by atoms with Gasteiger partial charge in [-0.2, -0.15) is 0 Å². The van der Waals surface area contributed by atoms with E-state index in [1.807, 2.05) is 0 Å². The van der Waals surface area contributed by atoms with Crippen molar-refractivity contribution in [2.45, 2.75) is 0 Å². The van der Waals surface area contributed by atoms with Gasteiger partial charge < -0.3 is 10.2 Å². The molecular weight excluding hydrogens is 450 g/mol. The zero-order valence-corrected chi connectivity index (χ0v) is 8.00. The summed E-state index contributed by atoms with van der Waals surface area (Å²) < 4.78 is 0. The molecule has 68 valence electrons. The normalized spacial score (nSPS) is 6.00. The van der Waals surface area contributed by atoms with Gasteiger partial charge in [-0.3, -0.25) is 0 Å². The van der Waals surface area contributed by atoms with Gasteiger partial charge in [0.2, 0.25) is 0 Å². The van der Waals surface area contributed by atoms with E-state index in [9.17, 15) is 9.59 Å². The number of carboxylic acid groups (broad SMARTS) is 2. The maximum atomic E-state index is 9.29. The van der Waals surface area contributed by atoms with Gasteiger partial charge in [-0.15, -0.1) is 0 Å². The SMILES string of the molecule is O=C(O)OOC(=O)O.[Ho].[Ho].